The number of para-hydroxylation sites is 1. The molecule has 3 N–H and O–H groups in total. The topological polar surface area (TPSA) is 96.5 Å². The fraction of sp³-hybridized carbons (Fsp3) is 0.348. The molecule has 160 valence electrons. The SMILES string of the molecule is COc1ccc(C(=O)Nc2ccccc2C(=O)N[C@H](C(=O)NC(C)C)C(C)C)cc1. The van der Waals surface area contributed by atoms with Crippen LogP contribution in [0, 0.1) is 5.92 Å². The Hall–Kier alpha value is -3.35. The van der Waals surface area contributed by atoms with E-state index in [9.17, 15) is 14.4 Å². The largest absolute Gasteiger partial charge is 0.497 e. The number of carbonyl (C=O) groups excluding carboxylic acids is 3. The Bertz CT molecular complexity index is 892. The van der Waals surface area contributed by atoms with Crippen molar-refractivity contribution in [2.45, 2.75) is 39.8 Å². The zero-order valence-electron chi connectivity index (χ0n) is 18.0. The average Bonchev–Trinajstić information content (AvgIpc) is 2.71. The van der Waals surface area contributed by atoms with Gasteiger partial charge in [-0.3, -0.25) is 14.4 Å². The van der Waals surface area contributed by atoms with E-state index < -0.39 is 11.9 Å². The zero-order valence-corrected chi connectivity index (χ0v) is 18.0. The van der Waals surface area contributed by atoms with E-state index >= 15 is 0 Å². The van der Waals surface area contributed by atoms with Gasteiger partial charge in [-0.15, -0.1) is 0 Å². The minimum atomic E-state index is -0.690. The fourth-order valence-corrected chi connectivity index (χ4v) is 2.86. The number of amides is 3. The Kier molecular flexibility index (Phi) is 7.98. The van der Waals surface area contributed by atoms with Crippen LogP contribution in [0.1, 0.15) is 48.4 Å². The van der Waals surface area contributed by atoms with E-state index in [0.717, 1.165) is 0 Å². The second kappa shape index (κ2) is 10.4. The van der Waals surface area contributed by atoms with E-state index in [-0.39, 0.29) is 29.3 Å². The van der Waals surface area contributed by atoms with Crippen molar-refractivity contribution in [1.29, 1.82) is 0 Å². The summed E-state index contributed by atoms with van der Waals surface area (Å²) in [7, 11) is 1.55. The third kappa shape index (κ3) is 6.07. The summed E-state index contributed by atoms with van der Waals surface area (Å²) in [4.78, 5) is 38.0. The highest BCUT2D eigenvalue weighted by Gasteiger charge is 2.26. The summed E-state index contributed by atoms with van der Waals surface area (Å²) in [5.41, 5.74) is 1.08. The number of carbonyl (C=O) groups is 3. The highest BCUT2D eigenvalue weighted by atomic mass is 16.5. The number of ether oxygens (including phenoxy) is 1. The molecule has 0 radical (unpaired) electrons. The minimum Gasteiger partial charge on any atom is -0.497 e. The Balaban J connectivity index is 2.19. The molecular weight excluding hydrogens is 382 g/mol. The van der Waals surface area contributed by atoms with Gasteiger partial charge in [0.05, 0.1) is 18.4 Å². The summed E-state index contributed by atoms with van der Waals surface area (Å²) in [6.45, 7) is 7.45. The molecule has 0 bridgehead atoms. The van der Waals surface area contributed by atoms with Gasteiger partial charge >= 0.3 is 0 Å². The van der Waals surface area contributed by atoms with Crippen LogP contribution in [0.25, 0.3) is 0 Å². The van der Waals surface area contributed by atoms with Gasteiger partial charge in [0.1, 0.15) is 11.8 Å². The van der Waals surface area contributed by atoms with E-state index in [0.29, 0.717) is 17.0 Å². The molecule has 0 unspecified atom stereocenters. The predicted molar refractivity (Wildman–Crippen MR) is 117 cm³/mol. The third-order valence-corrected chi connectivity index (χ3v) is 4.44. The van der Waals surface area contributed by atoms with Crippen LogP contribution in [0.15, 0.2) is 48.5 Å². The van der Waals surface area contributed by atoms with Gasteiger partial charge in [-0.1, -0.05) is 26.0 Å². The van der Waals surface area contributed by atoms with Crippen molar-refractivity contribution in [3.05, 3.63) is 59.7 Å². The normalized spacial score (nSPS) is 11.7. The lowest BCUT2D eigenvalue weighted by Crippen LogP contribution is -2.51. The van der Waals surface area contributed by atoms with Gasteiger partial charge < -0.3 is 20.7 Å². The van der Waals surface area contributed by atoms with Crippen LogP contribution in [-0.2, 0) is 4.79 Å². The summed E-state index contributed by atoms with van der Waals surface area (Å²) in [5, 5.41) is 8.38. The number of anilines is 1. The summed E-state index contributed by atoms with van der Waals surface area (Å²) in [5.74, 6) is -0.485. The summed E-state index contributed by atoms with van der Waals surface area (Å²) < 4.78 is 5.10. The molecule has 7 nitrogen and oxygen atoms in total. The number of methoxy groups -OCH3 is 1. The van der Waals surface area contributed by atoms with Crippen molar-refractivity contribution in [2.75, 3.05) is 12.4 Å². The molecule has 0 fully saturated rings. The molecular formula is C23H29N3O4. The lowest BCUT2D eigenvalue weighted by atomic mass is 10.0. The Morgan fingerprint density at radius 2 is 1.47 bits per heavy atom. The maximum Gasteiger partial charge on any atom is 0.255 e. The van der Waals surface area contributed by atoms with Gasteiger partial charge in [-0.25, -0.2) is 0 Å². The first kappa shape index (κ1) is 22.9. The molecule has 30 heavy (non-hydrogen) atoms. The Labute approximate surface area is 177 Å². The van der Waals surface area contributed by atoms with Crippen LogP contribution in [0.2, 0.25) is 0 Å². The first-order valence-electron chi connectivity index (χ1n) is 9.88. The molecule has 0 aliphatic rings. The van der Waals surface area contributed by atoms with Crippen molar-refractivity contribution >= 4 is 23.4 Å². The molecule has 0 aliphatic heterocycles. The highest BCUT2D eigenvalue weighted by molar-refractivity contribution is 6.09. The zero-order chi connectivity index (χ0) is 22.3. The van der Waals surface area contributed by atoms with Gasteiger partial charge in [0, 0.05) is 11.6 Å². The summed E-state index contributed by atoms with van der Waals surface area (Å²) in [6.07, 6.45) is 0. The van der Waals surface area contributed by atoms with Gasteiger partial charge in [0.2, 0.25) is 5.91 Å². The molecule has 2 aromatic rings. The first-order chi connectivity index (χ1) is 14.2. The molecule has 0 saturated heterocycles. The van der Waals surface area contributed by atoms with Crippen LogP contribution in [0.3, 0.4) is 0 Å². The Morgan fingerprint density at radius 1 is 0.833 bits per heavy atom. The summed E-state index contributed by atoms with van der Waals surface area (Å²) in [6, 6.07) is 12.6. The lowest BCUT2D eigenvalue weighted by molar-refractivity contribution is -0.124. The number of benzene rings is 2. The van der Waals surface area contributed by atoms with Gasteiger partial charge in [-0.05, 0) is 56.2 Å². The second-order valence-electron chi connectivity index (χ2n) is 7.59. The van der Waals surface area contributed by atoms with Crippen molar-refractivity contribution < 1.29 is 19.1 Å². The van der Waals surface area contributed by atoms with Crippen molar-refractivity contribution in [3.8, 4) is 5.75 Å². The average molecular weight is 412 g/mol. The van der Waals surface area contributed by atoms with Crippen LogP contribution in [0.4, 0.5) is 5.69 Å². The predicted octanol–water partition coefficient (Wildman–Crippen LogP) is 3.23. The number of hydrogen-bond donors (Lipinski definition) is 3. The maximum atomic E-state index is 12.9. The van der Waals surface area contributed by atoms with E-state index in [2.05, 4.69) is 16.0 Å². The smallest absolute Gasteiger partial charge is 0.255 e. The van der Waals surface area contributed by atoms with Crippen molar-refractivity contribution in [3.63, 3.8) is 0 Å². The van der Waals surface area contributed by atoms with E-state index in [4.69, 9.17) is 4.74 Å². The van der Waals surface area contributed by atoms with E-state index in [1.54, 1.807) is 55.6 Å². The molecule has 1 atom stereocenters. The lowest BCUT2D eigenvalue weighted by Gasteiger charge is -2.23. The molecule has 7 heteroatoms. The maximum absolute atomic E-state index is 12.9. The van der Waals surface area contributed by atoms with Crippen LogP contribution >= 0.6 is 0 Å². The van der Waals surface area contributed by atoms with Crippen molar-refractivity contribution in [2.24, 2.45) is 5.92 Å². The quantitative estimate of drug-likeness (QED) is 0.621. The second-order valence-corrected chi connectivity index (χ2v) is 7.59. The molecule has 0 aliphatic carbocycles. The number of rotatable bonds is 8. The number of hydrogen-bond acceptors (Lipinski definition) is 4. The summed E-state index contributed by atoms with van der Waals surface area (Å²) >= 11 is 0. The Morgan fingerprint density at radius 3 is 2.03 bits per heavy atom. The molecule has 0 aromatic heterocycles. The van der Waals surface area contributed by atoms with Crippen molar-refractivity contribution in [1.82, 2.24) is 10.6 Å². The van der Waals surface area contributed by atoms with Crippen LogP contribution in [0.5, 0.6) is 5.75 Å². The molecule has 0 heterocycles. The van der Waals surface area contributed by atoms with Crippen LogP contribution < -0.4 is 20.7 Å². The fourth-order valence-electron chi connectivity index (χ4n) is 2.86. The molecule has 0 spiro atoms. The van der Waals surface area contributed by atoms with E-state index in [1.807, 2.05) is 27.7 Å². The first-order valence-corrected chi connectivity index (χ1v) is 9.88. The molecule has 2 rings (SSSR count). The van der Waals surface area contributed by atoms with Crippen LogP contribution in [-0.4, -0.2) is 36.9 Å². The third-order valence-electron chi connectivity index (χ3n) is 4.44. The van der Waals surface area contributed by atoms with Gasteiger partial charge in [-0.2, -0.15) is 0 Å². The minimum absolute atomic E-state index is 0.0354. The molecule has 0 saturated carbocycles. The van der Waals surface area contributed by atoms with Gasteiger partial charge in [0.25, 0.3) is 11.8 Å². The standard InChI is InChI=1S/C23H29N3O4/c1-14(2)20(23(29)24-15(3)4)26-22(28)18-8-6-7-9-19(18)25-21(27)16-10-12-17(30-5)13-11-16/h6-15,20H,1-5H3,(H,24,29)(H,25,27)(H,26,28)/t20-/m0/s1. The highest BCUT2D eigenvalue weighted by Crippen LogP contribution is 2.18. The number of nitrogens with one attached hydrogen (secondary N) is 3. The molecule has 3 amide bonds. The monoisotopic (exact) mass is 411 g/mol. The molecule has 2 aromatic carbocycles. The van der Waals surface area contributed by atoms with E-state index in [1.165, 1.54) is 0 Å². The van der Waals surface area contributed by atoms with Gasteiger partial charge in [0.15, 0.2) is 0 Å².